The summed E-state index contributed by atoms with van der Waals surface area (Å²) in [5.74, 6) is 0. The topological polar surface area (TPSA) is 30.7 Å². The first kappa shape index (κ1) is 20.4. The van der Waals surface area contributed by atoms with Crippen molar-refractivity contribution in [2.75, 3.05) is 0 Å². The predicted molar refractivity (Wildman–Crippen MR) is 148 cm³/mol. The average molecular weight is 454 g/mol. The molecular weight excluding hydrogens is 426 g/mol. The summed E-state index contributed by atoms with van der Waals surface area (Å²) in [6, 6.07) is 26.4. The first-order chi connectivity index (χ1) is 16.9. The van der Waals surface area contributed by atoms with Crippen LogP contribution >= 0.6 is 0 Å². The molecule has 0 radical (unpaired) electrons. The van der Waals surface area contributed by atoms with Crippen molar-refractivity contribution in [2.45, 2.75) is 34.1 Å². The number of benzene rings is 5. The molecule has 2 heterocycles. The summed E-state index contributed by atoms with van der Waals surface area (Å²) >= 11 is 0. The molecule has 7 rings (SSSR count). The number of aryl methyl sites for hydroxylation is 1. The number of rotatable bonds is 2. The SMILES string of the molecule is Cc1c2c3cc4ccccc4cc3c3ncnc4cc(CC(C)(C)C)c(c2c43)n1-c1ccccc1. The van der Waals surface area contributed by atoms with Gasteiger partial charge in [0.05, 0.1) is 16.6 Å². The first-order valence-electron chi connectivity index (χ1n) is 12.3. The van der Waals surface area contributed by atoms with Gasteiger partial charge < -0.3 is 4.57 Å². The molecule has 0 saturated heterocycles. The Balaban J connectivity index is 1.79. The molecule has 0 unspecified atom stereocenters. The monoisotopic (exact) mass is 453 g/mol. The van der Waals surface area contributed by atoms with E-state index in [0.29, 0.717) is 0 Å². The van der Waals surface area contributed by atoms with Gasteiger partial charge in [0.2, 0.25) is 0 Å². The van der Waals surface area contributed by atoms with Gasteiger partial charge in [-0.05, 0) is 70.8 Å². The second-order valence-electron chi connectivity index (χ2n) is 11.0. The van der Waals surface area contributed by atoms with E-state index in [1.165, 1.54) is 60.2 Å². The Morgan fingerprint density at radius 3 is 2.14 bits per heavy atom. The molecule has 0 bridgehead atoms. The number of para-hydroxylation sites is 1. The van der Waals surface area contributed by atoms with Gasteiger partial charge in [-0.2, -0.15) is 0 Å². The summed E-state index contributed by atoms with van der Waals surface area (Å²) in [5, 5.41) is 8.74. The molecule has 170 valence electrons. The molecule has 0 saturated carbocycles. The van der Waals surface area contributed by atoms with Crippen LogP contribution in [0.5, 0.6) is 0 Å². The second-order valence-corrected chi connectivity index (χ2v) is 11.0. The Labute approximate surface area is 204 Å². The number of hydrogen-bond donors (Lipinski definition) is 0. The molecule has 0 N–H and O–H groups in total. The largest absolute Gasteiger partial charge is 0.313 e. The number of fused-ring (bicyclic) bond motifs is 4. The average Bonchev–Trinajstić information content (AvgIpc) is 3.16. The zero-order valence-corrected chi connectivity index (χ0v) is 20.6. The van der Waals surface area contributed by atoms with Gasteiger partial charge in [0.1, 0.15) is 6.33 Å². The number of hydrogen-bond acceptors (Lipinski definition) is 2. The van der Waals surface area contributed by atoms with Crippen LogP contribution in [0.4, 0.5) is 0 Å². The summed E-state index contributed by atoms with van der Waals surface area (Å²) in [7, 11) is 0. The summed E-state index contributed by atoms with van der Waals surface area (Å²) in [6.07, 6.45) is 2.70. The van der Waals surface area contributed by atoms with Crippen molar-refractivity contribution in [3.63, 3.8) is 0 Å². The van der Waals surface area contributed by atoms with Gasteiger partial charge in [-0.1, -0.05) is 63.2 Å². The first-order valence-corrected chi connectivity index (χ1v) is 12.3. The third kappa shape index (κ3) is 2.91. The van der Waals surface area contributed by atoms with Gasteiger partial charge in [-0.15, -0.1) is 0 Å². The fourth-order valence-corrected chi connectivity index (χ4v) is 6.01. The lowest BCUT2D eigenvalue weighted by Gasteiger charge is -2.21. The van der Waals surface area contributed by atoms with E-state index in [0.717, 1.165) is 17.5 Å². The van der Waals surface area contributed by atoms with E-state index in [4.69, 9.17) is 9.97 Å². The van der Waals surface area contributed by atoms with Gasteiger partial charge in [0, 0.05) is 32.9 Å². The maximum Gasteiger partial charge on any atom is 0.116 e. The standard InChI is InChI=1S/C32H27N3/c1-19-27-24-14-20-10-8-9-11-21(20)15-25(24)30-28-26(33-18-34-30)16-22(17-32(2,3)4)31(29(27)28)35(19)23-12-6-5-7-13-23/h5-16,18H,17H2,1-4H3. The van der Waals surface area contributed by atoms with Crippen LogP contribution in [0.3, 0.4) is 0 Å². The van der Waals surface area contributed by atoms with Crippen LogP contribution in [0.15, 0.2) is 79.1 Å². The molecule has 7 aromatic rings. The molecule has 0 fully saturated rings. The van der Waals surface area contributed by atoms with Crippen LogP contribution in [0.25, 0.3) is 59.9 Å². The number of aromatic nitrogens is 3. The van der Waals surface area contributed by atoms with Gasteiger partial charge in [0.15, 0.2) is 0 Å². The van der Waals surface area contributed by atoms with Gasteiger partial charge >= 0.3 is 0 Å². The van der Waals surface area contributed by atoms with Crippen LogP contribution in [0, 0.1) is 12.3 Å². The van der Waals surface area contributed by atoms with Crippen LogP contribution in [-0.2, 0) is 6.42 Å². The third-order valence-corrected chi connectivity index (χ3v) is 7.29. The van der Waals surface area contributed by atoms with E-state index in [1.807, 2.05) is 0 Å². The van der Waals surface area contributed by atoms with Crippen molar-refractivity contribution < 1.29 is 0 Å². The molecule has 3 nitrogen and oxygen atoms in total. The molecule has 3 heteroatoms. The molecule has 2 aromatic heterocycles. The Morgan fingerprint density at radius 1 is 0.743 bits per heavy atom. The van der Waals surface area contributed by atoms with E-state index < -0.39 is 0 Å². The minimum atomic E-state index is 0.147. The smallest absolute Gasteiger partial charge is 0.116 e. The Morgan fingerprint density at radius 2 is 1.43 bits per heavy atom. The highest BCUT2D eigenvalue weighted by Crippen LogP contribution is 2.46. The quantitative estimate of drug-likeness (QED) is 0.194. The summed E-state index contributed by atoms with van der Waals surface area (Å²) < 4.78 is 2.46. The van der Waals surface area contributed by atoms with Crippen molar-refractivity contribution in [3.8, 4) is 5.69 Å². The van der Waals surface area contributed by atoms with Crippen LogP contribution in [0.2, 0.25) is 0 Å². The highest BCUT2D eigenvalue weighted by molar-refractivity contribution is 6.34. The molecule has 0 atom stereocenters. The van der Waals surface area contributed by atoms with Crippen LogP contribution < -0.4 is 0 Å². The summed E-state index contributed by atoms with van der Waals surface area (Å²) in [5.41, 5.74) is 7.31. The zero-order chi connectivity index (χ0) is 23.9. The summed E-state index contributed by atoms with van der Waals surface area (Å²) in [4.78, 5) is 9.65. The van der Waals surface area contributed by atoms with Gasteiger partial charge in [-0.3, -0.25) is 0 Å². The molecule has 0 spiro atoms. The highest BCUT2D eigenvalue weighted by Gasteiger charge is 2.26. The van der Waals surface area contributed by atoms with E-state index in [2.05, 4.69) is 105 Å². The molecule has 0 aliphatic heterocycles. The van der Waals surface area contributed by atoms with Crippen LogP contribution in [-0.4, -0.2) is 14.5 Å². The number of nitrogens with zero attached hydrogens (tertiary/aromatic N) is 3. The van der Waals surface area contributed by atoms with Crippen molar-refractivity contribution in [2.24, 2.45) is 5.41 Å². The Hall–Kier alpha value is -3.98. The molecule has 0 aliphatic rings. The minimum absolute atomic E-state index is 0.147. The van der Waals surface area contributed by atoms with Crippen molar-refractivity contribution in [1.82, 2.24) is 14.5 Å². The van der Waals surface area contributed by atoms with Gasteiger partial charge in [-0.25, -0.2) is 9.97 Å². The lowest BCUT2D eigenvalue weighted by Crippen LogP contribution is -2.11. The molecule has 35 heavy (non-hydrogen) atoms. The lowest BCUT2D eigenvalue weighted by molar-refractivity contribution is 0.412. The Kier molecular flexibility index (Phi) is 4.09. The Bertz CT molecular complexity index is 1900. The minimum Gasteiger partial charge on any atom is -0.313 e. The normalized spacial score (nSPS) is 12.7. The highest BCUT2D eigenvalue weighted by atomic mass is 15.0. The summed E-state index contributed by atoms with van der Waals surface area (Å²) in [6.45, 7) is 9.20. The fourth-order valence-electron chi connectivity index (χ4n) is 6.01. The maximum atomic E-state index is 4.86. The van der Waals surface area contributed by atoms with E-state index >= 15 is 0 Å². The van der Waals surface area contributed by atoms with E-state index in [1.54, 1.807) is 6.33 Å². The van der Waals surface area contributed by atoms with E-state index in [9.17, 15) is 0 Å². The van der Waals surface area contributed by atoms with Gasteiger partial charge in [0.25, 0.3) is 0 Å². The fraction of sp³-hybridized carbons (Fsp3) is 0.188. The molecular formula is C32H27N3. The third-order valence-electron chi connectivity index (χ3n) is 7.29. The van der Waals surface area contributed by atoms with Crippen molar-refractivity contribution in [3.05, 3.63) is 90.4 Å². The van der Waals surface area contributed by atoms with Crippen molar-refractivity contribution in [1.29, 1.82) is 0 Å². The van der Waals surface area contributed by atoms with E-state index in [-0.39, 0.29) is 5.41 Å². The predicted octanol–water partition coefficient (Wildman–Crippen LogP) is 8.37. The van der Waals surface area contributed by atoms with Crippen LogP contribution in [0.1, 0.15) is 32.0 Å². The maximum absolute atomic E-state index is 4.86. The lowest BCUT2D eigenvalue weighted by atomic mass is 9.85. The molecule has 0 aliphatic carbocycles. The molecule has 5 aromatic carbocycles. The second kappa shape index (κ2) is 7.02. The van der Waals surface area contributed by atoms with Crippen molar-refractivity contribution >= 4 is 54.3 Å². The zero-order valence-electron chi connectivity index (χ0n) is 20.6. The molecule has 0 amide bonds.